The summed E-state index contributed by atoms with van der Waals surface area (Å²) in [5, 5.41) is 1.91. The summed E-state index contributed by atoms with van der Waals surface area (Å²) in [6.07, 6.45) is 1.39. The van der Waals surface area contributed by atoms with Crippen LogP contribution in [0, 0.1) is 6.92 Å². The Balaban J connectivity index is 1.86. The summed E-state index contributed by atoms with van der Waals surface area (Å²) in [6, 6.07) is 11.8. The number of carbonyl (C=O) groups is 1. The Hall–Kier alpha value is -3.54. The molecule has 0 spiro atoms. The van der Waals surface area contributed by atoms with E-state index in [1.54, 1.807) is 43.3 Å². The lowest BCUT2D eigenvalue weighted by atomic mass is 10.0. The highest BCUT2D eigenvalue weighted by Gasteiger charge is 2.17. The summed E-state index contributed by atoms with van der Waals surface area (Å²) in [5.74, 6) is 0.349. The second-order valence-corrected chi connectivity index (χ2v) is 5.73. The molecule has 0 N–H and O–H groups in total. The lowest BCUT2D eigenvalue weighted by Gasteiger charge is -2.10. The maximum Gasteiger partial charge on any atom is 0.379 e. The van der Waals surface area contributed by atoms with Crippen molar-refractivity contribution in [2.75, 3.05) is 7.11 Å². The zero-order valence-electron chi connectivity index (χ0n) is 14.1. The first-order chi connectivity index (χ1) is 12.6. The number of furan rings is 1. The van der Waals surface area contributed by atoms with E-state index in [4.69, 9.17) is 18.3 Å². The average molecular weight is 350 g/mol. The van der Waals surface area contributed by atoms with Gasteiger partial charge in [-0.3, -0.25) is 0 Å². The van der Waals surface area contributed by atoms with Gasteiger partial charge in [-0.15, -0.1) is 0 Å². The van der Waals surface area contributed by atoms with Crippen LogP contribution in [0.1, 0.15) is 16.1 Å². The first kappa shape index (κ1) is 16.0. The summed E-state index contributed by atoms with van der Waals surface area (Å²) < 4.78 is 21.1. The molecule has 4 rings (SSSR count). The summed E-state index contributed by atoms with van der Waals surface area (Å²) in [6.45, 7) is 1.73. The van der Waals surface area contributed by atoms with Crippen molar-refractivity contribution in [3.05, 3.63) is 70.5 Å². The molecule has 6 nitrogen and oxygen atoms in total. The lowest BCUT2D eigenvalue weighted by Crippen LogP contribution is -2.08. The maximum atomic E-state index is 12.4. The molecule has 0 aliphatic carbocycles. The van der Waals surface area contributed by atoms with E-state index >= 15 is 0 Å². The Morgan fingerprint density at radius 3 is 2.58 bits per heavy atom. The summed E-state index contributed by atoms with van der Waals surface area (Å²) in [5.41, 5.74) is 0.443. The number of ether oxygens (including phenoxy) is 2. The summed E-state index contributed by atoms with van der Waals surface area (Å²) in [4.78, 5) is 24.5. The Labute approximate surface area is 147 Å². The fourth-order valence-electron chi connectivity index (χ4n) is 2.87. The van der Waals surface area contributed by atoms with Gasteiger partial charge in [-0.25, -0.2) is 9.59 Å². The molecule has 4 aromatic rings. The van der Waals surface area contributed by atoms with Gasteiger partial charge in [-0.2, -0.15) is 0 Å². The van der Waals surface area contributed by atoms with Crippen LogP contribution in [0.5, 0.6) is 11.5 Å². The third-order valence-corrected chi connectivity index (χ3v) is 4.21. The molecule has 26 heavy (non-hydrogen) atoms. The standard InChI is InChI=1S/C20H14O6/c1-11-16(25-20(22)17-4-3-9-24-17)8-7-14-13-6-5-12(23-2)10-15(13)19(21)26-18(11)14/h3-10H,1-2H3. The number of fused-ring (bicyclic) bond motifs is 3. The van der Waals surface area contributed by atoms with Gasteiger partial charge < -0.3 is 18.3 Å². The maximum absolute atomic E-state index is 12.4. The Morgan fingerprint density at radius 1 is 1.04 bits per heavy atom. The minimum absolute atomic E-state index is 0.0940. The van der Waals surface area contributed by atoms with Gasteiger partial charge in [0.2, 0.25) is 5.76 Å². The molecule has 0 unspecified atom stereocenters. The van der Waals surface area contributed by atoms with Gasteiger partial charge in [0, 0.05) is 16.3 Å². The first-order valence-corrected chi connectivity index (χ1v) is 7.88. The second-order valence-electron chi connectivity index (χ2n) is 5.73. The van der Waals surface area contributed by atoms with Crippen LogP contribution in [-0.4, -0.2) is 13.1 Å². The van der Waals surface area contributed by atoms with E-state index in [1.807, 2.05) is 0 Å². The van der Waals surface area contributed by atoms with E-state index in [0.717, 1.165) is 10.8 Å². The molecular formula is C20H14O6. The van der Waals surface area contributed by atoms with Gasteiger partial charge in [0.15, 0.2) is 0 Å². The second kappa shape index (κ2) is 6.07. The normalized spacial score (nSPS) is 11.0. The van der Waals surface area contributed by atoms with Crippen LogP contribution in [0.3, 0.4) is 0 Å². The van der Waals surface area contributed by atoms with Crippen molar-refractivity contribution < 1.29 is 23.1 Å². The first-order valence-electron chi connectivity index (χ1n) is 7.88. The van der Waals surface area contributed by atoms with Crippen molar-refractivity contribution in [3.63, 3.8) is 0 Å². The van der Waals surface area contributed by atoms with E-state index in [1.165, 1.54) is 19.4 Å². The van der Waals surface area contributed by atoms with E-state index < -0.39 is 11.6 Å². The minimum atomic E-state index is -0.620. The molecule has 0 atom stereocenters. The third kappa shape index (κ3) is 2.52. The van der Waals surface area contributed by atoms with Crippen molar-refractivity contribution in [1.29, 1.82) is 0 Å². The highest BCUT2D eigenvalue weighted by molar-refractivity contribution is 6.06. The Bertz CT molecular complexity index is 1180. The number of carbonyl (C=O) groups excluding carboxylic acids is 1. The topological polar surface area (TPSA) is 78.9 Å². The molecular weight excluding hydrogens is 336 g/mol. The van der Waals surface area contributed by atoms with Gasteiger partial charge >= 0.3 is 11.6 Å². The van der Waals surface area contributed by atoms with E-state index in [-0.39, 0.29) is 5.76 Å². The van der Waals surface area contributed by atoms with Crippen LogP contribution in [0.2, 0.25) is 0 Å². The van der Waals surface area contributed by atoms with Gasteiger partial charge in [-0.05, 0) is 49.4 Å². The molecule has 0 bridgehead atoms. The zero-order chi connectivity index (χ0) is 18.3. The van der Waals surface area contributed by atoms with Crippen LogP contribution >= 0.6 is 0 Å². The van der Waals surface area contributed by atoms with E-state index in [9.17, 15) is 9.59 Å². The molecule has 2 heterocycles. The van der Waals surface area contributed by atoms with Gasteiger partial charge in [0.05, 0.1) is 18.8 Å². The summed E-state index contributed by atoms with van der Waals surface area (Å²) >= 11 is 0. The number of esters is 1. The van der Waals surface area contributed by atoms with Gasteiger partial charge in [0.1, 0.15) is 17.1 Å². The molecule has 2 aromatic heterocycles. The molecule has 0 saturated heterocycles. The van der Waals surface area contributed by atoms with Crippen molar-refractivity contribution in [2.24, 2.45) is 0 Å². The number of benzene rings is 2. The van der Waals surface area contributed by atoms with Gasteiger partial charge in [-0.1, -0.05) is 0 Å². The molecule has 0 fully saturated rings. The smallest absolute Gasteiger partial charge is 0.379 e. The number of methoxy groups -OCH3 is 1. The van der Waals surface area contributed by atoms with Crippen LogP contribution in [-0.2, 0) is 0 Å². The monoisotopic (exact) mass is 350 g/mol. The zero-order valence-corrected chi connectivity index (χ0v) is 14.1. The van der Waals surface area contributed by atoms with Crippen LogP contribution in [0.4, 0.5) is 0 Å². The molecule has 0 aliphatic heterocycles. The number of hydrogen-bond acceptors (Lipinski definition) is 6. The molecule has 0 amide bonds. The molecule has 6 heteroatoms. The third-order valence-electron chi connectivity index (χ3n) is 4.21. The highest BCUT2D eigenvalue weighted by Crippen LogP contribution is 2.32. The van der Waals surface area contributed by atoms with Crippen molar-refractivity contribution in [3.8, 4) is 11.5 Å². The van der Waals surface area contributed by atoms with Crippen LogP contribution in [0.15, 0.2) is 62.4 Å². The summed E-state index contributed by atoms with van der Waals surface area (Å²) in [7, 11) is 1.54. The fourth-order valence-corrected chi connectivity index (χ4v) is 2.87. The van der Waals surface area contributed by atoms with Crippen molar-refractivity contribution >= 4 is 27.7 Å². The van der Waals surface area contributed by atoms with E-state index in [2.05, 4.69) is 0 Å². The van der Waals surface area contributed by atoms with Crippen molar-refractivity contribution in [1.82, 2.24) is 0 Å². The van der Waals surface area contributed by atoms with Crippen LogP contribution in [0.25, 0.3) is 21.7 Å². The van der Waals surface area contributed by atoms with Crippen molar-refractivity contribution in [2.45, 2.75) is 6.92 Å². The molecule has 0 radical (unpaired) electrons. The Morgan fingerprint density at radius 2 is 1.85 bits per heavy atom. The Kier molecular flexibility index (Phi) is 3.73. The van der Waals surface area contributed by atoms with E-state index in [0.29, 0.717) is 28.0 Å². The molecule has 130 valence electrons. The molecule has 0 saturated carbocycles. The predicted octanol–water partition coefficient (Wildman–Crippen LogP) is 4.08. The highest BCUT2D eigenvalue weighted by atomic mass is 16.5. The quantitative estimate of drug-likeness (QED) is 0.240. The number of rotatable bonds is 3. The number of hydrogen-bond donors (Lipinski definition) is 0. The minimum Gasteiger partial charge on any atom is -0.497 e. The lowest BCUT2D eigenvalue weighted by molar-refractivity contribution is 0.0700. The van der Waals surface area contributed by atoms with Crippen LogP contribution < -0.4 is 15.1 Å². The largest absolute Gasteiger partial charge is 0.497 e. The predicted molar refractivity (Wildman–Crippen MR) is 94.9 cm³/mol. The van der Waals surface area contributed by atoms with Gasteiger partial charge in [0.25, 0.3) is 0 Å². The SMILES string of the molecule is COc1ccc2c(c1)c(=O)oc1c(C)c(OC(=O)c3ccco3)ccc12. The fraction of sp³-hybridized carbons (Fsp3) is 0.100. The number of aryl methyl sites for hydroxylation is 1. The molecule has 2 aromatic carbocycles. The average Bonchev–Trinajstić information content (AvgIpc) is 3.19. The molecule has 0 aliphatic rings.